The Morgan fingerprint density at radius 1 is 1.13 bits per heavy atom. The largest absolute Gasteiger partial charge is 0.495 e. The number of rotatable bonds is 4. The Bertz CT molecular complexity index is 872. The molecule has 0 saturated carbocycles. The van der Waals surface area contributed by atoms with Gasteiger partial charge in [0.25, 0.3) is 10.0 Å². The van der Waals surface area contributed by atoms with Gasteiger partial charge < -0.3 is 4.74 Å². The van der Waals surface area contributed by atoms with E-state index in [2.05, 4.69) is 4.72 Å². The zero-order chi connectivity index (χ0) is 17.4. The van der Waals surface area contributed by atoms with Crippen LogP contribution in [0.2, 0.25) is 5.02 Å². The quantitative estimate of drug-likeness (QED) is 0.837. The average Bonchev–Trinajstić information content (AvgIpc) is 2.47. The summed E-state index contributed by atoms with van der Waals surface area (Å²) in [5.74, 6) is -5.07. The van der Waals surface area contributed by atoms with E-state index in [0.717, 1.165) is 0 Å². The molecule has 0 aliphatic heterocycles. The maximum atomic E-state index is 13.7. The van der Waals surface area contributed by atoms with Crippen LogP contribution in [0.15, 0.2) is 29.2 Å². The summed E-state index contributed by atoms with van der Waals surface area (Å²) in [6, 6.07) is 3.90. The second-order valence-corrected chi connectivity index (χ2v) is 6.64. The Labute approximate surface area is 135 Å². The Kier molecular flexibility index (Phi) is 4.76. The highest BCUT2D eigenvalue weighted by atomic mass is 35.5. The fourth-order valence-corrected chi connectivity index (χ4v) is 3.11. The van der Waals surface area contributed by atoms with Gasteiger partial charge in [-0.3, -0.25) is 4.72 Å². The van der Waals surface area contributed by atoms with Crippen molar-refractivity contribution in [2.45, 2.75) is 11.8 Å². The second kappa shape index (κ2) is 6.29. The summed E-state index contributed by atoms with van der Waals surface area (Å²) >= 11 is 5.91. The minimum Gasteiger partial charge on any atom is -0.495 e. The van der Waals surface area contributed by atoms with Crippen molar-refractivity contribution in [2.24, 2.45) is 0 Å². The number of halogens is 4. The fraction of sp³-hybridized carbons (Fsp3) is 0.143. The molecule has 124 valence electrons. The van der Waals surface area contributed by atoms with Crippen LogP contribution in [0.5, 0.6) is 5.75 Å². The lowest BCUT2D eigenvalue weighted by molar-refractivity contribution is 0.416. The molecule has 0 radical (unpaired) electrons. The van der Waals surface area contributed by atoms with Crippen molar-refractivity contribution < 1.29 is 26.3 Å². The average molecular weight is 366 g/mol. The first kappa shape index (κ1) is 17.4. The van der Waals surface area contributed by atoms with Crippen LogP contribution >= 0.6 is 11.6 Å². The van der Waals surface area contributed by atoms with E-state index >= 15 is 0 Å². The molecule has 0 saturated heterocycles. The Hall–Kier alpha value is -1.93. The van der Waals surface area contributed by atoms with Crippen molar-refractivity contribution in [3.05, 3.63) is 52.3 Å². The third-order valence-electron chi connectivity index (χ3n) is 3.01. The summed E-state index contributed by atoms with van der Waals surface area (Å²) in [5.41, 5.74) is 0.523. The SMILES string of the molecule is COc1cc(Cl)c(C)cc1NS(=O)(=O)c1ccc(F)c(F)c1F. The number of methoxy groups -OCH3 is 1. The van der Waals surface area contributed by atoms with E-state index in [0.29, 0.717) is 22.7 Å². The van der Waals surface area contributed by atoms with Gasteiger partial charge in [0.1, 0.15) is 10.6 Å². The van der Waals surface area contributed by atoms with Gasteiger partial charge in [0, 0.05) is 11.1 Å². The lowest BCUT2D eigenvalue weighted by atomic mass is 10.2. The van der Waals surface area contributed by atoms with E-state index in [4.69, 9.17) is 16.3 Å². The number of ether oxygens (including phenoxy) is 1. The summed E-state index contributed by atoms with van der Waals surface area (Å²) in [6.45, 7) is 1.62. The highest BCUT2D eigenvalue weighted by Crippen LogP contribution is 2.33. The van der Waals surface area contributed by atoms with E-state index in [9.17, 15) is 21.6 Å². The van der Waals surface area contributed by atoms with Gasteiger partial charge in [-0.25, -0.2) is 21.6 Å². The zero-order valence-electron chi connectivity index (χ0n) is 12.0. The molecule has 0 bridgehead atoms. The van der Waals surface area contributed by atoms with Gasteiger partial charge in [-0.1, -0.05) is 11.6 Å². The van der Waals surface area contributed by atoms with Crippen LogP contribution in [-0.2, 0) is 10.0 Å². The molecule has 2 rings (SSSR count). The van der Waals surface area contributed by atoms with Crippen molar-refractivity contribution in [3.8, 4) is 5.75 Å². The third-order valence-corrected chi connectivity index (χ3v) is 4.80. The molecule has 0 amide bonds. The molecule has 1 N–H and O–H groups in total. The van der Waals surface area contributed by atoms with Crippen molar-refractivity contribution in [2.75, 3.05) is 11.8 Å². The first-order valence-corrected chi connectivity index (χ1v) is 8.04. The third kappa shape index (κ3) is 3.37. The maximum absolute atomic E-state index is 13.7. The fourth-order valence-electron chi connectivity index (χ4n) is 1.83. The monoisotopic (exact) mass is 365 g/mol. The highest BCUT2D eigenvalue weighted by molar-refractivity contribution is 7.92. The van der Waals surface area contributed by atoms with Crippen LogP contribution in [0.1, 0.15) is 5.56 Å². The van der Waals surface area contributed by atoms with Gasteiger partial charge in [0.15, 0.2) is 17.5 Å². The molecule has 9 heteroatoms. The highest BCUT2D eigenvalue weighted by Gasteiger charge is 2.25. The molecule has 23 heavy (non-hydrogen) atoms. The minimum absolute atomic E-state index is 0.0152. The summed E-state index contributed by atoms with van der Waals surface area (Å²) in [4.78, 5) is -1.02. The lowest BCUT2D eigenvalue weighted by Crippen LogP contribution is -2.16. The summed E-state index contributed by atoms with van der Waals surface area (Å²) < 4.78 is 71.4. The summed E-state index contributed by atoms with van der Waals surface area (Å²) in [5, 5.41) is 0.337. The van der Waals surface area contributed by atoms with Crippen molar-refractivity contribution in [1.29, 1.82) is 0 Å². The van der Waals surface area contributed by atoms with Crippen molar-refractivity contribution >= 4 is 27.3 Å². The number of aryl methyl sites for hydroxylation is 1. The van der Waals surface area contributed by atoms with E-state index in [-0.39, 0.29) is 11.4 Å². The van der Waals surface area contributed by atoms with E-state index in [1.54, 1.807) is 6.92 Å². The first-order valence-electron chi connectivity index (χ1n) is 6.18. The zero-order valence-corrected chi connectivity index (χ0v) is 13.5. The molecule has 2 aromatic rings. The number of hydrogen-bond acceptors (Lipinski definition) is 3. The first-order chi connectivity index (χ1) is 10.7. The Morgan fingerprint density at radius 2 is 1.78 bits per heavy atom. The molecule has 0 atom stereocenters. The predicted octanol–water partition coefficient (Wildman–Crippen LogP) is 3.88. The lowest BCUT2D eigenvalue weighted by Gasteiger charge is -2.14. The van der Waals surface area contributed by atoms with Gasteiger partial charge in [-0.2, -0.15) is 0 Å². The molecule has 0 unspecified atom stereocenters. The van der Waals surface area contributed by atoms with Crippen LogP contribution < -0.4 is 9.46 Å². The van der Waals surface area contributed by atoms with Gasteiger partial charge in [-0.15, -0.1) is 0 Å². The maximum Gasteiger partial charge on any atom is 0.265 e. The minimum atomic E-state index is -4.50. The topological polar surface area (TPSA) is 55.4 Å². The molecule has 0 heterocycles. The number of sulfonamides is 1. The normalized spacial score (nSPS) is 11.4. The molecule has 0 aromatic heterocycles. The van der Waals surface area contributed by atoms with Crippen molar-refractivity contribution in [1.82, 2.24) is 0 Å². The molecule has 0 aliphatic carbocycles. The van der Waals surface area contributed by atoms with Gasteiger partial charge in [-0.05, 0) is 30.7 Å². The number of anilines is 1. The van der Waals surface area contributed by atoms with Crippen molar-refractivity contribution in [3.63, 3.8) is 0 Å². The van der Waals surface area contributed by atoms with Crippen LogP contribution in [-0.4, -0.2) is 15.5 Å². The smallest absolute Gasteiger partial charge is 0.265 e. The van der Waals surface area contributed by atoms with Gasteiger partial charge >= 0.3 is 0 Å². The Morgan fingerprint density at radius 3 is 2.39 bits per heavy atom. The van der Waals surface area contributed by atoms with E-state index < -0.39 is 32.4 Å². The molecular weight excluding hydrogens is 355 g/mol. The standard InChI is InChI=1S/C14H11ClF3NO3S/c1-7-5-10(11(22-2)6-8(7)15)19-23(20,21)12-4-3-9(16)13(17)14(12)18/h3-6,19H,1-2H3. The Balaban J connectivity index is 2.51. The molecule has 0 fully saturated rings. The van der Waals surface area contributed by atoms with E-state index in [1.165, 1.54) is 19.2 Å². The number of nitrogens with one attached hydrogen (secondary N) is 1. The second-order valence-electron chi connectivity index (χ2n) is 4.58. The summed E-state index contributed by atoms with van der Waals surface area (Å²) in [6.07, 6.45) is 0. The van der Waals surface area contributed by atoms with Crippen LogP contribution in [0.25, 0.3) is 0 Å². The molecule has 4 nitrogen and oxygen atoms in total. The molecule has 0 aliphatic rings. The van der Waals surface area contributed by atoms with Crippen LogP contribution in [0.3, 0.4) is 0 Å². The van der Waals surface area contributed by atoms with Gasteiger partial charge in [0.2, 0.25) is 0 Å². The number of benzene rings is 2. The number of hydrogen-bond donors (Lipinski definition) is 1. The predicted molar refractivity (Wildman–Crippen MR) is 79.9 cm³/mol. The van der Waals surface area contributed by atoms with E-state index in [1.807, 2.05) is 0 Å². The molecular formula is C14H11ClF3NO3S. The van der Waals surface area contributed by atoms with Crippen LogP contribution in [0, 0.1) is 24.4 Å². The molecule has 0 spiro atoms. The van der Waals surface area contributed by atoms with Crippen LogP contribution in [0.4, 0.5) is 18.9 Å². The summed E-state index contributed by atoms with van der Waals surface area (Å²) in [7, 11) is -3.21. The van der Waals surface area contributed by atoms with Gasteiger partial charge in [0.05, 0.1) is 12.8 Å². The molecule has 2 aromatic carbocycles.